The molecule has 1 fully saturated rings. The van der Waals surface area contributed by atoms with E-state index in [1.54, 1.807) is 18.2 Å². The number of nitrogens with one attached hydrogen (secondary N) is 1. The summed E-state index contributed by atoms with van der Waals surface area (Å²) in [6.45, 7) is 12.7. The largest absolute Gasteiger partial charge is 0.490 e. The van der Waals surface area contributed by atoms with Crippen LogP contribution in [0.1, 0.15) is 73.5 Å². The van der Waals surface area contributed by atoms with Gasteiger partial charge in [0.1, 0.15) is 17.1 Å². The van der Waals surface area contributed by atoms with Gasteiger partial charge in [0.15, 0.2) is 5.58 Å². The Balaban J connectivity index is 1.03. The minimum absolute atomic E-state index is 0.0912. The predicted octanol–water partition coefficient (Wildman–Crippen LogP) is 8.29. The Morgan fingerprint density at radius 1 is 1.02 bits per heavy atom. The fourth-order valence-electron chi connectivity index (χ4n) is 6.10. The molecule has 0 atom stereocenters. The lowest BCUT2D eigenvalue weighted by atomic mass is 9.96. The lowest BCUT2D eigenvalue weighted by molar-refractivity contribution is 0.0945. The molecular weight excluding hydrogens is 586 g/mol. The van der Waals surface area contributed by atoms with Crippen LogP contribution in [0.3, 0.4) is 0 Å². The minimum Gasteiger partial charge on any atom is -0.490 e. The molecule has 2 aromatic heterocycles. The van der Waals surface area contributed by atoms with E-state index in [-0.39, 0.29) is 17.9 Å². The Hall–Kier alpha value is -5.16. The van der Waals surface area contributed by atoms with Crippen LogP contribution in [0.4, 0.5) is 5.82 Å². The molecule has 0 aliphatic carbocycles. The highest BCUT2D eigenvalue weighted by molar-refractivity contribution is 5.94. The molecule has 1 saturated heterocycles. The normalized spacial score (nSPS) is 13.7. The topological polar surface area (TPSA) is 104 Å². The van der Waals surface area contributed by atoms with Crippen molar-refractivity contribution in [3.63, 3.8) is 0 Å². The molecule has 5 aromatic rings. The van der Waals surface area contributed by atoms with E-state index in [9.17, 15) is 10.1 Å². The van der Waals surface area contributed by atoms with Gasteiger partial charge in [0, 0.05) is 53.6 Å². The van der Waals surface area contributed by atoms with E-state index in [0.717, 1.165) is 59.8 Å². The molecule has 0 saturated carbocycles. The Morgan fingerprint density at radius 2 is 1.77 bits per heavy atom. The van der Waals surface area contributed by atoms with Gasteiger partial charge in [0.2, 0.25) is 5.89 Å². The molecule has 8 heteroatoms. The van der Waals surface area contributed by atoms with Crippen LogP contribution in [-0.4, -0.2) is 41.6 Å². The van der Waals surface area contributed by atoms with Gasteiger partial charge in [-0.25, -0.2) is 9.97 Å². The summed E-state index contributed by atoms with van der Waals surface area (Å²) in [5.74, 6) is 2.83. The standard InChI is InChI=1S/C39H41N5O3/c1-24(2)32-19-28(21-40)20-34-37(32)47-39(43-34)30-9-7-29(8-10-30)38(45)42-22-27-14-16-44(17-15-27)36-13-11-31(23-41-36)33-18-26(5)6-12-35(33)46-25(3)4/h6-13,18-20,23-25,27H,14-17,22H2,1-5H3,(H,42,45). The number of carbonyl (C=O) groups is 1. The molecule has 1 aliphatic rings. The predicted molar refractivity (Wildman–Crippen MR) is 186 cm³/mol. The number of oxazole rings is 1. The molecule has 1 N–H and O–H groups in total. The van der Waals surface area contributed by atoms with Gasteiger partial charge in [-0.2, -0.15) is 5.26 Å². The number of carbonyl (C=O) groups excluding carboxylic acids is 1. The van der Waals surface area contributed by atoms with Crippen molar-refractivity contribution >= 4 is 22.8 Å². The Labute approximate surface area is 276 Å². The maximum Gasteiger partial charge on any atom is 0.251 e. The van der Waals surface area contributed by atoms with Gasteiger partial charge in [-0.05, 0) is 106 Å². The maximum atomic E-state index is 13.0. The molecule has 0 bridgehead atoms. The van der Waals surface area contributed by atoms with Crippen LogP contribution in [0.15, 0.2) is 77.3 Å². The van der Waals surface area contributed by atoms with Crippen molar-refractivity contribution in [2.45, 2.75) is 59.5 Å². The summed E-state index contributed by atoms with van der Waals surface area (Å²) in [4.78, 5) is 24.8. The summed E-state index contributed by atoms with van der Waals surface area (Å²) < 4.78 is 12.2. The van der Waals surface area contributed by atoms with Gasteiger partial charge < -0.3 is 19.4 Å². The zero-order valence-electron chi connectivity index (χ0n) is 27.7. The zero-order chi connectivity index (χ0) is 33.1. The van der Waals surface area contributed by atoms with Crippen molar-refractivity contribution in [3.8, 4) is 34.4 Å². The van der Waals surface area contributed by atoms with Gasteiger partial charge in [-0.3, -0.25) is 4.79 Å². The number of amides is 1. The first kappa shape index (κ1) is 31.8. The van der Waals surface area contributed by atoms with Crippen LogP contribution < -0.4 is 15.0 Å². The number of rotatable bonds is 9. The first-order chi connectivity index (χ1) is 22.7. The van der Waals surface area contributed by atoms with E-state index in [4.69, 9.17) is 14.1 Å². The first-order valence-corrected chi connectivity index (χ1v) is 16.4. The molecule has 8 nitrogen and oxygen atoms in total. The molecule has 240 valence electrons. The monoisotopic (exact) mass is 627 g/mol. The van der Waals surface area contributed by atoms with Crippen LogP contribution in [0.25, 0.3) is 33.7 Å². The number of ether oxygens (including phenoxy) is 1. The highest BCUT2D eigenvalue weighted by Gasteiger charge is 2.22. The number of hydrogen-bond acceptors (Lipinski definition) is 7. The summed E-state index contributed by atoms with van der Waals surface area (Å²) in [6.07, 6.45) is 4.00. The van der Waals surface area contributed by atoms with E-state index in [2.05, 4.69) is 66.3 Å². The highest BCUT2D eigenvalue weighted by atomic mass is 16.5. The molecule has 6 rings (SSSR count). The number of anilines is 1. The number of fused-ring (bicyclic) bond motifs is 1. The van der Waals surface area contributed by atoms with Gasteiger partial charge in [0.05, 0.1) is 17.7 Å². The maximum absolute atomic E-state index is 13.0. The molecule has 3 heterocycles. The quantitative estimate of drug-likeness (QED) is 0.175. The molecule has 47 heavy (non-hydrogen) atoms. The average molecular weight is 628 g/mol. The Morgan fingerprint density at radius 3 is 2.43 bits per heavy atom. The number of aryl methyl sites for hydroxylation is 1. The van der Waals surface area contributed by atoms with E-state index in [1.165, 1.54) is 5.56 Å². The number of hydrogen-bond donors (Lipinski definition) is 1. The van der Waals surface area contributed by atoms with Crippen LogP contribution in [0.5, 0.6) is 5.75 Å². The first-order valence-electron chi connectivity index (χ1n) is 16.4. The fourth-order valence-corrected chi connectivity index (χ4v) is 6.10. The smallest absolute Gasteiger partial charge is 0.251 e. The van der Waals surface area contributed by atoms with Crippen molar-refractivity contribution < 1.29 is 13.9 Å². The Kier molecular flexibility index (Phi) is 9.26. The lowest BCUT2D eigenvalue weighted by Gasteiger charge is -2.33. The van der Waals surface area contributed by atoms with Crippen molar-refractivity contribution in [2.24, 2.45) is 5.92 Å². The van der Waals surface area contributed by atoms with Crippen LogP contribution in [0.2, 0.25) is 0 Å². The molecular formula is C39H41N5O3. The third kappa shape index (κ3) is 7.15. The second-order valence-corrected chi connectivity index (χ2v) is 13.0. The van der Waals surface area contributed by atoms with Gasteiger partial charge >= 0.3 is 0 Å². The van der Waals surface area contributed by atoms with Crippen molar-refractivity contribution in [3.05, 3.63) is 95.2 Å². The molecule has 0 spiro atoms. The number of piperidine rings is 1. The number of nitriles is 1. The third-order valence-electron chi connectivity index (χ3n) is 8.71. The number of aromatic nitrogens is 2. The molecule has 1 aliphatic heterocycles. The molecule has 0 radical (unpaired) electrons. The lowest BCUT2D eigenvalue weighted by Crippen LogP contribution is -2.39. The summed E-state index contributed by atoms with van der Waals surface area (Å²) in [5.41, 5.74) is 7.54. The summed E-state index contributed by atoms with van der Waals surface area (Å²) in [6, 6.07) is 23.6. The molecule has 1 amide bonds. The van der Waals surface area contributed by atoms with Gasteiger partial charge in [-0.15, -0.1) is 0 Å². The van der Waals surface area contributed by atoms with E-state index < -0.39 is 0 Å². The Bertz CT molecular complexity index is 1910. The zero-order valence-corrected chi connectivity index (χ0v) is 27.7. The molecule has 0 unspecified atom stereocenters. The molecule has 3 aromatic carbocycles. The fraction of sp³-hybridized carbons (Fsp3) is 0.333. The van der Waals surface area contributed by atoms with Crippen LogP contribution in [0, 0.1) is 24.2 Å². The second kappa shape index (κ2) is 13.7. The SMILES string of the molecule is Cc1ccc(OC(C)C)c(-c2ccc(N3CCC(CNC(=O)c4ccc(-c5nc6cc(C#N)cc(C(C)C)c6o5)cc4)CC3)nc2)c1. The van der Waals surface area contributed by atoms with Crippen molar-refractivity contribution in [2.75, 3.05) is 24.5 Å². The number of pyridine rings is 1. The van der Waals surface area contributed by atoms with E-state index in [1.807, 2.05) is 44.3 Å². The van der Waals surface area contributed by atoms with E-state index in [0.29, 0.717) is 40.6 Å². The summed E-state index contributed by atoms with van der Waals surface area (Å²) in [7, 11) is 0. The average Bonchev–Trinajstić information content (AvgIpc) is 3.52. The summed E-state index contributed by atoms with van der Waals surface area (Å²) in [5, 5.41) is 12.5. The van der Waals surface area contributed by atoms with Gasteiger partial charge in [0.25, 0.3) is 5.91 Å². The second-order valence-electron chi connectivity index (χ2n) is 13.0. The van der Waals surface area contributed by atoms with Gasteiger partial charge in [-0.1, -0.05) is 25.5 Å². The third-order valence-corrected chi connectivity index (χ3v) is 8.71. The highest BCUT2D eigenvalue weighted by Crippen LogP contribution is 2.34. The summed E-state index contributed by atoms with van der Waals surface area (Å²) >= 11 is 0. The number of nitrogens with zero attached hydrogens (tertiary/aromatic N) is 4. The van der Waals surface area contributed by atoms with Crippen molar-refractivity contribution in [1.82, 2.24) is 15.3 Å². The number of benzene rings is 3. The van der Waals surface area contributed by atoms with Crippen LogP contribution in [-0.2, 0) is 0 Å². The van der Waals surface area contributed by atoms with Crippen LogP contribution >= 0.6 is 0 Å². The van der Waals surface area contributed by atoms with Crippen molar-refractivity contribution in [1.29, 1.82) is 5.26 Å². The van der Waals surface area contributed by atoms with E-state index >= 15 is 0 Å². The minimum atomic E-state index is -0.0912.